The Labute approximate surface area is 144 Å². The van der Waals surface area contributed by atoms with Crippen LogP contribution in [0.5, 0.6) is 0 Å². The lowest BCUT2D eigenvalue weighted by Gasteiger charge is -2.11. The summed E-state index contributed by atoms with van der Waals surface area (Å²) in [5.41, 5.74) is 3.07. The van der Waals surface area contributed by atoms with Gasteiger partial charge in [-0.15, -0.1) is 0 Å². The van der Waals surface area contributed by atoms with Crippen molar-refractivity contribution in [1.29, 1.82) is 0 Å². The summed E-state index contributed by atoms with van der Waals surface area (Å²) in [6.07, 6.45) is 0.983. The predicted molar refractivity (Wildman–Crippen MR) is 97.4 cm³/mol. The van der Waals surface area contributed by atoms with E-state index in [1.54, 1.807) is 12.1 Å². The average Bonchev–Trinajstić information content (AvgIpc) is 2.60. The molecule has 0 spiro atoms. The summed E-state index contributed by atoms with van der Waals surface area (Å²) in [5.74, 6) is 0. The summed E-state index contributed by atoms with van der Waals surface area (Å²) >= 11 is 5.94. The maximum absolute atomic E-state index is 11.9. The van der Waals surface area contributed by atoms with E-state index in [1.807, 2.05) is 42.5 Å². The number of rotatable bonds is 4. The molecule has 120 valence electrons. The monoisotopic (exact) mass is 338 g/mol. The van der Waals surface area contributed by atoms with Crippen molar-refractivity contribution in [3.05, 3.63) is 72.3 Å². The molecule has 4 nitrogen and oxygen atoms in total. The predicted octanol–water partition coefficient (Wildman–Crippen LogP) is 5.29. The number of fused-ring (bicyclic) bond motifs is 1. The van der Waals surface area contributed by atoms with Crippen LogP contribution in [-0.4, -0.2) is 17.7 Å². The number of para-hydroxylation sites is 1. The van der Waals surface area contributed by atoms with Gasteiger partial charge in [-0.2, -0.15) is 0 Å². The van der Waals surface area contributed by atoms with E-state index < -0.39 is 6.09 Å². The lowest BCUT2D eigenvalue weighted by atomic mass is 10.1. The molecule has 0 aliphatic carbocycles. The molecule has 2 aromatic carbocycles. The van der Waals surface area contributed by atoms with Gasteiger partial charge in [-0.05, 0) is 24.3 Å². The smallest absolute Gasteiger partial charge is 0.411 e. The van der Waals surface area contributed by atoms with Crippen LogP contribution in [0.15, 0.2) is 67.3 Å². The minimum absolute atomic E-state index is 0.152. The number of aromatic nitrogens is 1. The van der Waals surface area contributed by atoms with E-state index in [2.05, 4.69) is 16.9 Å². The number of ether oxygens (including phenoxy) is 1. The van der Waals surface area contributed by atoms with Gasteiger partial charge in [0.05, 0.1) is 16.9 Å². The fourth-order valence-corrected chi connectivity index (χ4v) is 2.45. The Kier molecular flexibility index (Phi) is 4.77. The third kappa shape index (κ3) is 3.55. The van der Waals surface area contributed by atoms with Gasteiger partial charge in [0.15, 0.2) is 0 Å². The molecular formula is C19H15ClN2O2. The highest BCUT2D eigenvalue weighted by Gasteiger charge is 2.10. The normalized spacial score (nSPS) is 10.4. The molecule has 3 rings (SSSR count). The van der Waals surface area contributed by atoms with Gasteiger partial charge >= 0.3 is 6.09 Å². The number of hydrogen-bond acceptors (Lipinski definition) is 3. The molecule has 5 heteroatoms. The zero-order valence-electron chi connectivity index (χ0n) is 12.8. The molecule has 0 aliphatic rings. The van der Waals surface area contributed by atoms with Crippen LogP contribution in [-0.2, 0) is 4.74 Å². The third-order valence-corrected chi connectivity index (χ3v) is 3.68. The average molecular weight is 339 g/mol. The molecule has 1 heterocycles. The van der Waals surface area contributed by atoms with E-state index in [-0.39, 0.29) is 6.61 Å². The maximum atomic E-state index is 11.9. The van der Waals surface area contributed by atoms with E-state index >= 15 is 0 Å². The van der Waals surface area contributed by atoms with E-state index in [4.69, 9.17) is 16.3 Å². The number of hydrogen-bond donors (Lipinski definition) is 1. The third-order valence-electron chi connectivity index (χ3n) is 3.43. The molecule has 0 atom stereocenters. The number of benzene rings is 2. The van der Waals surface area contributed by atoms with Crippen LogP contribution in [0.2, 0.25) is 5.02 Å². The van der Waals surface area contributed by atoms with Crippen molar-refractivity contribution in [3.63, 3.8) is 0 Å². The quantitative estimate of drug-likeness (QED) is 0.657. The van der Waals surface area contributed by atoms with Gasteiger partial charge in [0, 0.05) is 16.0 Å². The van der Waals surface area contributed by atoms with Crippen LogP contribution >= 0.6 is 11.6 Å². The molecule has 0 saturated heterocycles. The van der Waals surface area contributed by atoms with Crippen LogP contribution in [0, 0.1) is 0 Å². The summed E-state index contributed by atoms with van der Waals surface area (Å²) in [6.45, 7) is 3.68. The molecule has 0 bridgehead atoms. The number of carbonyl (C=O) groups excluding carboxylic acids is 1. The second-order valence-electron chi connectivity index (χ2n) is 5.09. The minimum atomic E-state index is -0.534. The maximum Gasteiger partial charge on any atom is 0.411 e. The highest BCUT2D eigenvalue weighted by Crippen LogP contribution is 2.29. The topological polar surface area (TPSA) is 51.2 Å². The first-order valence-electron chi connectivity index (χ1n) is 7.38. The van der Waals surface area contributed by atoms with E-state index in [0.29, 0.717) is 10.7 Å². The lowest BCUT2D eigenvalue weighted by Crippen LogP contribution is -2.14. The lowest BCUT2D eigenvalue weighted by molar-refractivity contribution is 0.174. The second-order valence-corrected chi connectivity index (χ2v) is 5.53. The number of amides is 1. The largest absolute Gasteiger partial charge is 0.445 e. The zero-order chi connectivity index (χ0) is 16.9. The van der Waals surface area contributed by atoms with Crippen LogP contribution in [0.4, 0.5) is 10.5 Å². The first-order chi connectivity index (χ1) is 11.7. The summed E-state index contributed by atoms with van der Waals surface area (Å²) < 4.78 is 5.00. The van der Waals surface area contributed by atoms with Crippen molar-refractivity contribution in [2.45, 2.75) is 0 Å². The molecule has 0 unspecified atom stereocenters. The van der Waals surface area contributed by atoms with Gasteiger partial charge in [0.2, 0.25) is 0 Å². The molecular weight excluding hydrogens is 324 g/mol. The minimum Gasteiger partial charge on any atom is -0.445 e. The SMILES string of the molecule is C=CCOC(=O)Nc1cc(-c2ccc(Cl)cc2)nc2ccccc12. The molecule has 1 N–H and O–H groups in total. The van der Waals surface area contributed by atoms with Crippen LogP contribution in [0.3, 0.4) is 0 Å². The highest BCUT2D eigenvalue weighted by molar-refractivity contribution is 6.30. The van der Waals surface area contributed by atoms with Crippen molar-refractivity contribution >= 4 is 34.3 Å². The Morgan fingerprint density at radius 3 is 2.71 bits per heavy atom. The fourth-order valence-electron chi connectivity index (χ4n) is 2.33. The molecule has 3 aromatic rings. The Hall–Kier alpha value is -2.85. The number of anilines is 1. The summed E-state index contributed by atoms with van der Waals surface area (Å²) in [7, 11) is 0. The zero-order valence-corrected chi connectivity index (χ0v) is 13.6. The van der Waals surface area contributed by atoms with Crippen LogP contribution < -0.4 is 5.32 Å². The summed E-state index contributed by atoms with van der Waals surface area (Å²) in [5, 5.41) is 4.26. The van der Waals surface area contributed by atoms with Gasteiger partial charge in [-0.3, -0.25) is 5.32 Å². The molecule has 0 radical (unpaired) electrons. The van der Waals surface area contributed by atoms with E-state index in [0.717, 1.165) is 22.2 Å². The van der Waals surface area contributed by atoms with Crippen molar-refractivity contribution in [3.8, 4) is 11.3 Å². The number of nitrogens with zero attached hydrogens (tertiary/aromatic N) is 1. The van der Waals surface area contributed by atoms with E-state index in [1.165, 1.54) is 6.08 Å². The summed E-state index contributed by atoms with van der Waals surface area (Å²) in [4.78, 5) is 16.5. The number of halogens is 1. The first kappa shape index (κ1) is 16.0. The fraction of sp³-hybridized carbons (Fsp3) is 0.0526. The van der Waals surface area contributed by atoms with Crippen molar-refractivity contribution in [2.75, 3.05) is 11.9 Å². The van der Waals surface area contributed by atoms with E-state index in [9.17, 15) is 4.79 Å². The Balaban J connectivity index is 2.04. The van der Waals surface area contributed by atoms with Crippen LogP contribution in [0.1, 0.15) is 0 Å². The van der Waals surface area contributed by atoms with Gasteiger partial charge in [-0.1, -0.05) is 54.6 Å². The van der Waals surface area contributed by atoms with Crippen LogP contribution in [0.25, 0.3) is 22.2 Å². The number of pyridine rings is 1. The van der Waals surface area contributed by atoms with Gasteiger partial charge in [-0.25, -0.2) is 9.78 Å². The molecule has 1 aromatic heterocycles. The van der Waals surface area contributed by atoms with Crippen molar-refractivity contribution < 1.29 is 9.53 Å². The van der Waals surface area contributed by atoms with Gasteiger partial charge in [0.1, 0.15) is 6.61 Å². The second kappa shape index (κ2) is 7.15. The Morgan fingerprint density at radius 2 is 1.96 bits per heavy atom. The molecule has 0 fully saturated rings. The standard InChI is InChI=1S/C19H15ClN2O2/c1-2-11-24-19(23)22-18-12-17(13-7-9-14(20)10-8-13)21-16-6-4-3-5-15(16)18/h2-10,12H,1,11H2,(H,21,22,23). The molecule has 0 aliphatic heterocycles. The summed E-state index contributed by atoms with van der Waals surface area (Å²) in [6, 6.07) is 16.8. The number of carbonyl (C=O) groups is 1. The number of nitrogens with one attached hydrogen (secondary N) is 1. The highest BCUT2D eigenvalue weighted by atomic mass is 35.5. The Morgan fingerprint density at radius 1 is 1.21 bits per heavy atom. The molecule has 24 heavy (non-hydrogen) atoms. The van der Waals surface area contributed by atoms with Gasteiger partial charge < -0.3 is 4.74 Å². The van der Waals surface area contributed by atoms with Crippen molar-refractivity contribution in [1.82, 2.24) is 4.98 Å². The molecule has 0 saturated carbocycles. The van der Waals surface area contributed by atoms with Crippen molar-refractivity contribution in [2.24, 2.45) is 0 Å². The first-order valence-corrected chi connectivity index (χ1v) is 7.75. The molecule has 1 amide bonds. The van der Waals surface area contributed by atoms with Gasteiger partial charge in [0.25, 0.3) is 0 Å². The Bertz CT molecular complexity index is 892.